The normalized spacial score (nSPS) is 14.5. The molecular formula is C54H88O2. The van der Waals surface area contributed by atoms with Gasteiger partial charge in [0, 0.05) is 6.08 Å². The van der Waals surface area contributed by atoms with Crippen molar-refractivity contribution in [1.82, 2.24) is 0 Å². The summed E-state index contributed by atoms with van der Waals surface area (Å²) in [7, 11) is 0. The molecule has 2 heteroatoms. The summed E-state index contributed by atoms with van der Waals surface area (Å²) in [5.74, 6) is -0.204. The van der Waals surface area contributed by atoms with Gasteiger partial charge >= 0.3 is 5.97 Å². The SMILES string of the molecule is CCCCOC(=O)C=C(C)CCC=C(C)CCC=C(C)CCC=C(C)CCC=C(C)CCC=C(C)CCC=C(C)CCC=C(C)CCC=C(C)CCC=C(C)C. The molecule has 0 rings (SSSR count). The third-order valence-electron chi connectivity index (χ3n) is 10.4. The Labute approximate surface area is 348 Å². The fourth-order valence-corrected chi connectivity index (χ4v) is 6.41. The monoisotopic (exact) mass is 769 g/mol. The highest BCUT2D eigenvalue weighted by Crippen LogP contribution is 2.18. The highest BCUT2D eigenvalue weighted by atomic mass is 16.5. The van der Waals surface area contributed by atoms with Gasteiger partial charge in [-0.1, -0.05) is 124 Å². The fourth-order valence-electron chi connectivity index (χ4n) is 6.41. The Morgan fingerprint density at radius 2 is 0.589 bits per heavy atom. The molecule has 0 saturated carbocycles. The standard InChI is InChI=1S/C54H88O2/c1-13-14-42-56-54(55)43-53(12)41-23-40-52(11)39-22-38-51(10)37-21-36-50(9)35-20-34-49(8)33-19-32-48(7)31-18-30-47(6)29-17-28-46(5)27-16-26-45(4)25-15-24-44(2)3/h24,26,28,30,32,34,36,38,40,43H,13-23,25,27,29,31,33,35,37,39,41-42H2,1-12H3. The number of hydrogen-bond acceptors (Lipinski definition) is 2. The first-order valence-electron chi connectivity index (χ1n) is 22.4. The maximum Gasteiger partial charge on any atom is 0.330 e. The van der Waals surface area contributed by atoms with Gasteiger partial charge in [0.25, 0.3) is 0 Å². The summed E-state index contributed by atoms with van der Waals surface area (Å²) >= 11 is 0. The van der Waals surface area contributed by atoms with Crippen molar-refractivity contribution < 1.29 is 9.53 Å². The average molecular weight is 769 g/mol. The van der Waals surface area contributed by atoms with Crippen molar-refractivity contribution in [3.8, 4) is 0 Å². The predicted molar refractivity (Wildman–Crippen MR) is 252 cm³/mol. The van der Waals surface area contributed by atoms with E-state index in [-0.39, 0.29) is 5.97 Å². The molecule has 0 aromatic carbocycles. The van der Waals surface area contributed by atoms with Crippen LogP contribution in [-0.2, 0) is 9.53 Å². The summed E-state index contributed by atoms with van der Waals surface area (Å²) in [6.07, 6.45) is 45.7. The first kappa shape index (κ1) is 52.9. The van der Waals surface area contributed by atoms with Gasteiger partial charge in [-0.15, -0.1) is 0 Å². The molecule has 2 nitrogen and oxygen atoms in total. The average Bonchev–Trinajstić information content (AvgIpc) is 3.11. The smallest absolute Gasteiger partial charge is 0.330 e. The van der Waals surface area contributed by atoms with Crippen LogP contribution in [0.25, 0.3) is 0 Å². The van der Waals surface area contributed by atoms with Crippen molar-refractivity contribution in [2.75, 3.05) is 6.61 Å². The maximum atomic E-state index is 11.8. The highest BCUT2D eigenvalue weighted by Gasteiger charge is 2.00. The van der Waals surface area contributed by atoms with Gasteiger partial charge in [0.1, 0.15) is 0 Å². The summed E-state index contributed by atoms with van der Waals surface area (Å²) < 4.78 is 5.23. The van der Waals surface area contributed by atoms with Crippen LogP contribution in [0.3, 0.4) is 0 Å². The van der Waals surface area contributed by atoms with Crippen LogP contribution >= 0.6 is 0 Å². The molecule has 0 aromatic rings. The van der Waals surface area contributed by atoms with E-state index in [1.54, 1.807) is 6.08 Å². The minimum Gasteiger partial charge on any atom is -0.463 e. The predicted octanol–water partition coefficient (Wildman–Crippen LogP) is 17.8. The zero-order valence-electron chi connectivity index (χ0n) is 38.9. The number of unbranched alkanes of at least 4 members (excludes halogenated alkanes) is 1. The van der Waals surface area contributed by atoms with E-state index in [0.717, 1.165) is 102 Å². The molecule has 0 bridgehead atoms. The van der Waals surface area contributed by atoms with Gasteiger partial charge in [-0.2, -0.15) is 0 Å². The number of hydrogen-bond donors (Lipinski definition) is 0. The zero-order chi connectivity index (χ0) is 42.0. The second-order valence-corrected chi connectivity index (χ2v) is 17.0. The van der Waals surface area contributed by atoms with Gasteiger partial charge < -0.3 is 4.74 Å². The largest absolute Gasteiger partial charge is 0.463 e. The molecule has 0 spiro atoms. The van der Waals surface area contributed by atoms with Crippen molar-refractivity contribution in [1.29, 1.82) is 0 Å². The van der Waals surface area contributed by atoms with E-state index in [0.29, 0.717) is 6.61 Å². The quantitative estimate of drug-likeness (QED) is 0.0304. The summed E-state index contributed by atoms with van der Waals surface area (Å²) in [6, 6.07) is 0. The number of ether oxygens (including phenoxy) is 1. The molecule has 0 fully saturated rings. The molecule has 0 aliphatic rings. The third-order valence-corrected chi connectivity index (χ3v) is 10.4. The second kappa shape index (κ2) is 35.1. The van der Waals surface area contributed by atoms with Gasteiger partial charge in [-0.3, -0.25) is 0 Å². The Bertz CT molecular complexity index is 1400. The van der Waals surface area contributed by atoms with Gasteiger partial charge in [0.05, 0.1) is 6.61 Å². The Morgan fingerprint density at radius 1 is 0.357 bits per heavy atom. The Morgan fingerprint density at radius 3 is 0.821 bits per heavy atom. The number of carbonyl (C=O) groups is 1. The Hall–Kier alpha value is -3.13. The fraction of sp³-hybridized carbons (Fsp3) is 0.611. The molecule has 316 valence electrons. The van der Waals surface area contributed by atoms with E-state index in [9.17, 15) is 4.79 Å². The molecular weight excluding hydrogens is 681 g/mol. The van der Waals surface area contributed by atoms with Crippen LogP contribution in [0, 0.1) is 0 Å². The Kier molecular flexibility index (Phi) is 33.1. The van der Waals surface area contributed by atoms with Crippen molar-refractivity contribution in [3.63, 3.8) is 0 Å². The van der Waals surface area contributed by atoms with Crippen molar-refractivity contribution in [3.05, 3.63) is 116 Å². The molecule has 56 heavy (non-hydrogen) atoms. The van der Waals surface area contributed by atoms with E-state index >= 15 is 0 Å². The zero-order valence-corrected chi connectivity index (χ0v) is 38.9. The summed E-state index contributed by atoms with van der Waals surface area (Å²) in [5.41, 5.74) is 14.5. The highest BCUT2D eigenvalue weighted by molar-refractivity contribution is 5.82. The topological polar surface area (TPSA) is 26.3 Å². The molecule has 0 saturated heterocycles. The van der Waals surface area contributed by atoms with Gasteiger partial charge in [0.15, 0.2) is 0 Å². The molecule has 0 unspecified atom stereocenters. The van der Waals surface area contributed by atoms with Crippen LogP contribution < -0.4 is 0 Å². The van der Waals surface area contributed by atoms with Crippen LogP contribution in [0.4, 0.5) is 0 Å². The molecule has 0 N–H and O–H groups in total. The number of esters is 1. The number of carbonyl (C=O) groups excluding carboxylic acids is 1. The molecule has 0 aromatic heterocycles. The lowest BCUT2D eigenvalue weighted by Gasteiger charge is -2.04. The molecule has 0 aliphatic carbocycles. The van der Waals surface area contributed by atoms with Crippen LogP contribution in [0.5, 0.6) is 0 Å². The van der Waals surface area contributed by atoms with E-state index in [2.05, 4.69) is 131 Å². The Balaban J connectivity index is 4.27. The van der Waals surface area contributed by atoms with Crippen LogP contribution in [-0.4, -0.2) is 12.6 Å². The second-order valence-electron chi connectivity index (χ2n) is 17.0. The molecule has 0 aliphatic heterocycles. The summed E-state index contributed by atoms with van der Waals surface area (Å²) in [6.45, 7) is 27.2. The molecule has 0 radical (unpaired) electrons. The van der Waals surface area contributed by atoms with Gasteiger partial charge in [-0.05, 0) is 198 Å². The minimum absolute atomic E-state index is 0.204. The minimum atomic E-state index is -0.204. The van der Waals surface area contributed by atoms with Crippen molar-refractivity contribution >= 4 is 5.97 Å². The maximum absolute atomic E-state index is 11.8. The van der Waals surface area contributed by atoms with Gasteiger partial charge in [0.2, 0.25) is 0 Å². The van der Waals surface area contributed by atoms with Crippen LogP contribution in [0.2, 0.25) is 0 Å². The van der Waals surface area contributed by atoms with Crippen molar-refractivity contribution in [2.24, 2.45) is 0 Å². The first-order valence-corrected chi connectivity index (χ1v) is 22.4. The summed E-state index contributed by atoms with van der Waals surface area (Å²) in [4.78, 5) is 11.8. The van der Waals surface area contributed by atoms with E-state index < -0.39 is 0 Å². The molecule has 0 atom stereocenters. The van der Waals surface area contributed by atoms with Gasteiger partial charge in [-0.25, -0.2) is 4.79 Å². The lowest BCUT2D eigenvalue weighted by molar-refractivity contribution is -0.137. The third kappa shape index (κ3) is 35.3. The van der Waals surface area contributed by atoms with E-state index in [4.69, 9.17) is 4.74 Å². The van der Waals surface area contributed by atoms with Crippen LogP contribution in [0.15, 0.2) is 116 Å². The summed E-state index contributed by atoms with van der Waals surface area (Å²) in [5, 5.41) is 0. The molecule has 0 amide bonds. The number of rotatable bonds is 31. The lowest BCUT2D eigenvalue weighted by atomic mass is 10.0. The number of allylic oxidation sites excluding steroid dienone is 19. The first-order chi connectivity index (χ1) is 26.7. The van der Waals surface area contributed by atoms with E-state index in [1.807, 2.05) is 6.92 Å². The molecule has 0 heterocycles. The van der Waals surface area contributed by atoms with E-state index in [1.165, 1.54) is 82.3 Å². The van der Waals surface area contributed by atoms with Crippen molar-refractivity contribution in [2.45, 2.75) is 212 Å². The lowest BCUT2D eigenvalue weighted by Crippen LogP contribution is -2.02. The van der Waals surface area contributed by atoms with Crippen LogP contribution in [0.1, 0.15) is 212 Å².